The summed E-state index contributed by atoms with van der Waals surface area (Å²) in [6.45, 7) is 3.78. The number of ether oxygens (including phenoxy) is 2. The van der Waals surface area contributed by atoms with E-state index in [0.717, 1.165) is 44.9 Å². The molecular weight excluding hydrogens is 959 g/mol. The van der Waals surface area contributed by atoms with E-state index in [9.17, 15) is 30.3 Å². The van der Waals surface area contributed by atoms with Crippen LogP contribution < -0.4 is 5.32 Å². The highest BCUT2D eigenvalue weighted by Crippen LogP contribution is 2.23. The van der Waals surface area contributed by atoms with E-state index in [2.05, 4.69) is 55.6 Å². The number of aliphatic hydroxyl groups is 5. The molecule has 1 amide bonds. The summed E-state index contributed by atoms with van der Waals surface area (Å²) in [4.78, 5) is 13.1. The Balaban J connectivity index is 2.09. The number of aliphatic hydroxyl groups excluding tert-OH is 5. The standard InChI is InChI=1S/C68H127NO8/c1-3-5-7-9-11-13-15-17-19-21-22-23-24-25-26-27-28-29-30-31-32-33-34-35-36-37-38-39-40-42-44-46-48-50-52-54-56-58-64(72)69-61(60-76-68-67(75)66(74)65(73)63(59-70)77-68)62(71)57-55-53-51-49-47-45-43-41-20-18-16-14-12-10-8-6-4-2/h20,29-30,41,47,49,55,57,61-63,65-68,70-71,73-75H,3-19,21-28,31-40,42-46,48,50-54,56,58-60H2,1-2H3,(H,69,72)/b30-29-,41-20+,49-47+,57-55+. The van der Waals surface area contributed by atoms with Crippen molar-refractivity contribution in [1.82, 2.24) is 5.32 Å². The predicted octanol–water partition coefficient (Wildman–Crippen LogP) is 17.6. The lowest BCUT2D eigenvalue weighted by Crippen LogP contribution is -2.60. The van der Waals surface area contributed by atoms with Crippen LogP contribution >= 0.6 is 0 Å². The molecule has 0 saturated carbocycles. The maximum absolute atomic E-state index is 13.1. The highest BCUT2D eigenvalue weighted by atomic mass is 16.7. The first-order valence-electron chi connectivity index (χ1n) is 33.4. The summed E-state index contributed by atoms with van der Waals surface area (Å²) in [6, 6.07) is -0.828. The lowest BCUT2D eigenvalue weighted by molar-refractivity contribution is -0.302. The van der Waals surface area contributed by atoms with E-state index < -0.39 is 49.5 Å². The van der Waals surface area contributed by atoms with E-state index in [1.807, 2.05) is 6.08 Å². The molecule has 1 saturated heterocycles. The highest BCUT2D eigenvalue weighted by Gasteiger charge is 2.44. The molecule has 0 aliphatic carbocycles. The molecule has 0 aromatic heterocycles. The van der Waals surface area contributed by atoms with Crippen molar-refractivity contribution >= 4 is 5.91 Å². The second kappa shape index (κ2) is 57.4. The maximum Gasteiger partial charge on any atom is 0.220 e. The van der Waals surface area contributed by atoms with Crippen molar-refractivity contribution in [2.24, 2.45) is 0 Å². The van der Waals surface area contributed by atoms with Gasteiger partial charge >= 0.3 is 0 Å². The Kier molecular flexibility index (Phi) is 54.5. The fourth-order valence-electron chi connectivity index (χ4n) is 10.6. The third-order valence-corrected chi connectivity index (χ3v) is 15.9. The average Bonchev–Trinajstić information content (AvgIpc) is 3.43. The normalized spacial score (nSPS) is 19.0. The molecule has 1 fully saturated rings. The third-order valence-electron chi connectivity index (χ3n) is 15.9. The summed E-state index contributed by atoms with van der Waals surface area (Å²) >= 11 is 0. The van der Waals surface area contributed by atoms with Gasteiger partial charge in [-0.25, -0.2) is 0 Å². The number of rotatable bonds is 58. The minimum atomic E-state index is -1.58. The van der Waals surface area contributed by atoms with Gasteiger partial charge in [-0.3, -0.25) is 4.79 Å². The quantitative estimate of drug-likeness (QED) is 0.0261. The van der Waals surface area contributed by atoms with Gasteiger partial charge in [0.15, 0.2) is 6.29 Å². The van der Waals surface area contributed by atoms with Gasteiger partial charge in [-0.15, -0.1) is 0 Å². The molecule has 0 aromatic carbocycles. The highest BCUT2D eigenvalue weighted by molar-refractivity contribution is 5.76. The second-order valence-corrected chi connectivity index (χ2v) is 23.2. The Morgan fingerprint density at radius 3 is 1.09 bits per heavy atom. The fourth-order valence-corrected chi connectivity index (χ4v) is 10.6. The van der Waals surface area contributed by atoms with Crippen LogP contribution in [0.3, 0.4) is 0 Å². The summed E-state index contributed by atoms with van der Waals surface area (Å²) in [6.07, 6.45) is 70.8. The number of unbranched alkanes of at least 4 members (excludes halogenated alkanes) is 42. The summed E-state index contributed by atoms with van der Waals surface area (Å²) in [5.41, 5.74) is 0. The first-order chi connectivity index (χ1) is 37.8. The van der Waals surface area contributed by atoms with Crippen molar-refractivity contribution in [1.29, 1.82) is 0 Å². The average molecular weight is 1090 g/mol. The Bertz CT molecular complexity index is 1350. The SMILES string of the molecule is CCCCCCCCC/C=C/CC/C=C/CC/C=C/C(O)C(COC1OC(CO)C(O)C(O)C1O)NC(=O)CCCCCCCCCCCCCCCCCCC/C=C\CCCCCCCCCCCCCCCCCC. The van der Waals surface area contributed by atoms with E-state index in [-0.39, 0.29) is 12.5 Å². The number of hydrogen-bond acceptors (Lipinski definition) is 8. The van der Waals surface area contributed by atoms with Gasteiger partial charge < -0.3 is 40.3 Å². The molecule has 1 aliphatic heterocycles. The number of carbonyl (C=O) groups excluding carboxylic acids is 1. The van der Waals surface area contributed by atoms with Crippen LogP contribution in [0.1, 0.15) is 322 Å². The Morgan fingerprint density at radius 2 is 0.740 bits per heavy atom. The Morgan fingerprint density at radius 1 is 0.429 bits per heavy atom. The fraction of sp³-hybridized carbons (Fsp3) is 0.868. The van der Waals surface area contributed by atoms with Gasteiger partial charge in [0.1, 0.15) is 24.4 Å². The van der Waals surface area contributed by atoms with Gasteiger partial charge in [0.2, 0.25) is 5.91 Å². The summed E-state index contributed by atoms with van der Waals surface area (Å²) in [7, 11) is 0. The number of amides is 1. The molecule has 77 heavy (non-hydrogen) atoms. The Labute approximate surface area is 475 Å². The van der Waals surface area contributed by atoms with Crippen molar-refractivity contribution in [3.8, 4) is 0 Å². The maximum atomic E-state index is 13.1. The van der Waals surface area contributed by atoms with Crippen molar-refractivity contribution in [2.45, 2.75) is 365 Å². The molecule has 1 heterocycles. The number of allylic oxidation sites excluding steroid dienone is 7. The summed E-state index contributed by atoms with van der Waals surface area (Å²) in [5, 5.41) is 54.5. The van der Waals surface area contributed by atoms with Crippen molar-refractivity contribution in [3.05, 3.63) is 48.6 Å². The van der Waals surface area contributed by atoms with Crippen LogP contribution in [-0.2, 0) is 14.3 Å². The summed E-state index contributed by atoms with van der Waals surface area (Å²) in [5.74, 6) is -0.187. The first-order valence-corrected chi connectivity index (χ1v) is 33.4. The van der Waals surface area contributed by atoms with Crippen molar-refractivity contribution < 1.29 is 39.8 Å². The molecule has 0 bridgehead atoms. The van der Waals surface area contributed by atoms with Gasteiger partial charge in [0, 0.05) is 6.42 Å². The van der Waals surface area contributed by atoms with E-state index in [1.54, 1.807) is 6.08 Å². The van der Waals surface area contributed by atoms with Gasteiger partial charge in [-0.2, -0.15) is 0 Å². The largest absolute Gasteiger partial charge is 0.394 e. The summed E-state index contributed by atoms with van der Waals surface area (Å²) < 4.78 is 11.3. The molecule has 0 spiro atoms. The van der Waals surface area contributed by atoms with Crippen molar-refractivity contribution in [2.75, 3.05) is 13.2 Å². The van der Waals surface area contributed by atoms with Gasteiger partial charge in [0.25, 0.3) is 0 Å². The van der Waals surface area contributed by atoms with E-state index >= 15 is 0 Å². The smallest absolute Gasteiger partial charge is 0.220 e. The van der Waals surface area contributed by atoms with Crippen LogP contribution in [0.4, 0.5) is 0 Å². The van der Waals surface area contributed by atoms with Crippen LogP contribution in [0.15, 0.2) is 48.6 Å². The molecule has 1 aliphatic rings. The Hall–Kier alpha value is -1.85. The second-order valence-electron chi connectivity index (χ2n) is 23.2. The van der Waals surface area contributed by atoms with Gasteiger partial charge in [0.05, 0.1) is 25.4 Å². The zero-order chi connectivity index (χ0) is 55.8. The zero-order valence-electron chi connectivity index (χ0n) is 50.5. The van der Waals surface area contributed by atoms with E-state index in [0.29, 0.717) is 6.42 Å². The van der Waals surface area contributed by atoms with Gasteiger partial charge in [-0.1, -0.05) is 294 Å². The lowest BCUT2D eigenvalue weighted by Gasteiger charge is -2.40. The zero-order valence-corrected chi connectivity index (χ0v) is 50.5. The van der Waals surface area contributed by atoms with Crippen LogP contribution in [-0.4, -0.2) is 87.5 Å². The van der Waals surface area contributed by atoms with Gasteiger partial charge in [-0.05, 0) is 70.6 Å². The minimum absolute atomic E-state index is 0.187. The van der Waals surface area contributed by atoms with Crippen LogP contribution in [0.25, 0.3) is 0 Å². The number of nitrogens with one attached hydrogen (secondary N) is 1. The molecule has 7 atom stereocenters. The molecule has 9 nitrogen and oxygen atoms in total. The first kappa shape index (κ1) is 73.2. The molecule has 1 rings (SSSR count). The number of carbonyl (C=O) groups is 1. The topological polar surface area (TPSA) is 149 Å². The molecule has 0 radical (unpaired) electrons. The molecule has 9 heteroatoms. The molecule has 452 valence electrons. The van der Waals surface area contributed by atoms with Crippen LogP contribution in [0.2, 0.25) is 0 Å². The molecule has 7 unspecified atom stereocenters. The predicted molar refractivity (Wildman–Crippen MR) is 327 cm³/mol. The minimum Gasteiger partial charge on any atom is -0.394 e. The molecule has 6 N–H and O–H groups in total. The third kappa shape index (κ3) is 46.5. The van der Waals surface area contributed by atoms with E-state index in [4.69, 9.17) is 9.47 Å². The number of hydrogen-bond donors (Lipinski definition) is 6. The molecular formula is C68H127NO8. The van der Waals surface area contributed by atoms with Crippen molar-refractivity contribution in [3.63, 3.8) is 0 Å². The van der Waals surface area contributed by atoms with Crippen LogP contribution in [0, 0.1) is 0 Å². The van der Waals surface area contributed by atoms with Crippen LogP contribution in [0.5, 0.6) is 0 Å². The van der Waals surface area contributed by atoms with E-state index in [1.165, 1.54) is 257 Å². The lowest BCUT2D eigenvalue weighted by atomic mass is 9.99. The monoisotopic (exact) mass is 1090 g/mol. The molecule has 0 aromatic rings.